The summed E-state index contributed by atoms with van der Waals surface area (Å²) >= 11 is 1.66. The first-order chi connectivity index (χ1) is 13.1. The number of hydrogen-bond donors (Lipinski definition) is 0. The number of hydrogen-bond acceptors (Lipinski definition) is 5. The number of amides is 1. The molecule has 27 heavy (non-hydrogen) atoms. The highest BCUT2D eigenvalue weighted by Crippen LogP contribution is 2.34. The average molecular weight is 387 g/mol. The molecule has 5 nitrogen and oxygen atoms in total. The molecule has 1 atom stereocenters. The van der Waals surface area contributed by atoms with E-state index in [2.05, 4.69) is 24.8 Å². The predicted molar refractivity (Wildman–Crippen MR) is 108 cm³/mol. The van der Waals surface area contributed by atoms with E-state index in [9.17, 15) is 9.59 Å². The van der Waals surface area contributed by atoms with Crippen molar-refractivity contribution < 1.29 is 14.3 Å². The lowest BCUT2D eigenvalue weighted by Crippen LogP contribution is -2.34. The summed E-state index contributed by atoms with van der Waals surface area (Å²) in [5, 5.41) is 2.03. The Hall–Kier alpha value is -2.34. The molecule has 0 bridgehead atoms. The molecular weight excluding hydrogens is 360 g/mol. The van der Waals surface area contributed by atoms with E-state index in [1.54, 1.807) is 23.5 Å². The van der Waals surface area contributed by atoms with Crippen molar-refractivity contribution in [3.63, 3.8) is 0 Å². The lowest BCUT2D eigenvalue weighted by atomic mass is 10.2. The SMILES string of the molecule is CCN(CC)c1ccc(C(=O)OCC(=O)N2CCCC2c2cccs2)cc1. The molecule has 6 heteroatoms. The van der Waals surface area contributed by atoms with Crippen LogP contribution < -0.4 is 4.90 Å². The largest absolute Gasteiger partial charge is 0.452 e. The van der Waals surface area contributed by atoms with Crippen molar-refractivity contribution in [1.29, 1.82) is 0 Å². The summed E-state index contributed by atoms with van der Waals surface area (Å²) in [6.45, 7) is 6.53. The standard InChI is InChI=1S/C21H26N2O3S/c1-3-22(4-2)17-11-9-16(10-12-17)21(25)26-15-20(24)23-13-5-7-18(23)19-8-6-14-27-19/h6,8-12,14,18H,3-5,7,13,15H2,1-2H3. The summed E-state index contributed by atoms with van der Waals surface area (Å²) in [5.74, 6) is -0.583. The van der Waals surface area contributed by atoms with Crippen LogP contribution in [0.2, 0.25) is 0 Å². The van der Waals surface area contributed by atoms with Crippen LogP contribution in [0, 0.1) is 0 Å². The number of carbonyl (C=O) groups is 2. The van der Waals surface area contributed by atoms with Crippen LogP contribution >= 0.6 is 11.3 Å². The molecule has 144 valence electrons. The summed E-state index contributed by atoms with van der Waals surface area (Å²) in [7, 11) is 0. The molecule has 1 amide bonds. The van der Waals surface area contributed by atoms with E-state index in [0.717, 1.165) is 38.2 Å². The Morgan fingerprint density at radius 1 is 1.19 bits per heavy atom. The minimum absolute atomic E-state index is 0.115. The van der Waals surface area contributed by atoms with Crippen molar-refractivity contribution in [1.82, 2.24) is 4.90 Å². The van der Waals surface area contributed by atoms with Crippen LogP contribution in [0.1, 0.15) is 48.0 Å². The van der Waals surface area contributed by atoms with Gasteiger partial charge in [-0.3, -0.25) is 4.79 Å². The molecule has 0 aliphatic carbocycles. The Balaban J connectivity index is 1.56. The molecule has 1 unspecified atom stereocenters. The van der Waals surface area contributed by atoms with Gasteiger partial charge in [-0.2, -0.15) is 0 Å². The Bertz CT molecular complexity index is 754. The van der Waals surface area contributed by atoms with Crippen molar-refractivity contribution in [2.75, 3.05) is 31.1 Å². The number of rotatable bonds is 7. The molecule has 0 radical (unpaired) electrons. The van der Waals surface area contributed by atoms with Gasteiger partial charge in [0, 0.05) is 30.2 Å². The maximum Gasteiger partial charge on any atom is 0.338 e. The third-order valence-corrected chi connectivity index (χ3v) is 5.98. The molecule has 1 aromatic heterocycles. The number of benzene rings is 1. The Morgan fingerprint density at radius 2 is 1.93 bits per heavy atom. The van der Waals surface area contributed by atoms with E-state index in [0.29, 0.717) is 5.56 Å². The highest BCUT2D eigenvalue weighted by atomic mass is 32.1. The van der Waals surface area contributed by atoms with Crippen LogP contribution in [0.5, 0.6) is 0 Å². The smallest absolute Gasteiger partial charge is 0.338 e. The summed E-state index contributed by atoms with van der Waals surface area (Å²) < 4.78 is 5.28. The van der Waals surface area contributed by atoms with Gasteiger partial charge in [0.1, 0.15) is 0 Å². The van der Waals surface area contributed by atoms with Gasteiger partial charge >= 0.3 is 5.97 Å². The quantitative estimate of drug-likeness (QED) is 0.672. The fraction of sp³-hybridized carbons (Fsp3) is 0.429. The molecule has 1 saturated heterocycles. The van der Waals surface area contributed by atoms with Gasteiger partial charge in [0.05, 0.1) is 11.6 Å². The average Bonchev–Trinajstić information content (AvgIpc) is 3.38. The highest BCUT2D eigenvalue weighted by Gasteiger charge is 2.31. The first-order valence-corrected chi connectivity index (χ1v) is 10.4. The Morgan fingerprint density at radius 3 is 2.56 bits per heavy atom. The van der Waals surface area contributed by atoms with Crippen molar-refractivity contribution in [3.05, 3.63) is 52.2 Å². The minimum atomic E-state index is -0.457. The summed E-state index contributed by atoms with van der Waals surface area (Å²) in [6, 6.07) is 11.5. The number of nitrogens with zero attached hydrogens (tertiary/aromatic N) is 2. The normalized spacial score (nSPS) is 16.4. The van der Waals surface area contributed by atoms with Crippen molar-refractivity contribution in [3.8, 4) is 0 Å². The third-order valence-electron chi connectivity index (χ3n) is 5.00. The van der Waals surface area contributed by atoms with Gasteiger partial charge in [-0.1, -0.05) is 6.07 Å². The van der Waals surface area contributed by atoms with E-state index in [-0.39, 0.29) is 18.6 Å². The second kappa shape index (κ2) is 9.04. The molecule has 3 rings (SSSR count). The molecular formula is C21H26N2O3S. The van der Waals surface area contributed by atoms with Crippen LogP contribution in [0.15, 0.2) is 41.8 Å². The zero-order valence-electron chi connectivity index (χ0n) is 15.9. The second-order valence-electron chi connectivity index (χ2n) is 6.56. The third kappa shape index (κ3) is 4.50. The van der Waals surface area contributed by atoms with Gasteiger partial charge in [0.15, 0.2) is 6.61 Å². The van der Waals surface area contributed by atoms with E-state index in [1.807, 2.05) is 28.5 Å². The van der Waals surface area contributed by atoms with Crippen molar-refractivity contribution in [2.45, 2.75) is 32.7 Å². The molecule has 2 heterocycles. The molecule has 1 aliphatic rings. The fourth-order valence-electron chi connectivity index (χ4n) is 3.53. The van der Waals surface area contributed by atoms with E-state index >= 15 is 0 Å². The molecule has 2 aromatic rings. The summed E-state index contributed by atoms with van der Waals surface area (Å²) in [6.07, 6.45) is 1.95. The summed E-state index contributed by atoms with van der Waals surface area (Å²) in [5.41, 5.74) is 1.54. The number of anilines is 1. The number of likely N-dealkylation sites (tertiary alicyclic amines) is 1. The van der Waals surface area contributed by atoms with Crippen molar-refractivity contribution >= 4 is 28.9 Å². The van der Waals surface area contributed by atoms with Gasteiger partial charge in [0.2, 0.25) is 0 Å². The van der Waals surface area contributed by atoms with Crippen LogP contribution in [0.25, 0.3) is 0 Å². The van der Waals surface area contributed by atoms with Gasteiger partial charge < -0.3 is 14.5 Å². The lowest BCUT2D eigenvalue weighted by Gasteiger charge is -2.23. The molecule has 1 aromatic carbocycles. The number of ether oxygens (including phenoxy) is 1. The molecule has 1 fully saturated rings. The van der Waals surface area contributed by atoms with Crippen LogP contribution in [-0.2, 0) is 9.53 Å². The molecule has 1 aliphatic heterocycles. The van der Waals surface area contributed by atoms with Gasteiger partial charge in [-0.25, -0.2) is 4.79 Å². The first kappa shape index (κ1) is 19.4. The van der Waals surface area contributed by atoms with Crippen LogP contribution in [0.3, 0.4) is 0 Å². The Kier molecular flexibility index (Phi) is 6.50. The van der Waals surface area contributed by atoms with Crippen LogP contribution in [0.4, 0.5) is 5.69 Å². The first-order valence-electron chi connectivity index (χ1n) is 9.49. The lowest BCUT2D eigenvalue weighted by molar-refractivity contribution is -0.135. The van der Waals surface area contributed by atoms with Gasteiger partial charge in [-0.05, 0) is 62.4 Å². The number of thiophene rings is 1. The molecule has 0 spiro atoms. The van der Waals surface area contributed by atoms with Gasteiger partial charge in [-0.15, -0.1) is 11.3 Å². The minimum Gasteiger partial charge on any atom is -0.452 e. The fourth-order valence-corrected chi connectivity index (χ4v) is 4.41. The zero-order valence-corrected chi connectivity index (χ0v) is 16.7. The highest BCUT2D eigenvalue weighted by molar-refractivity contribution is 7.10. The van der Waals surface area contributed by atoms with Gasteiger partial charge in [0.25, 0.3) is 5.91 Å². The predicted octanol–water partition coefficient (Wildman–Crippen LogP) is 4.11. The number of carbonyl (C=O) groups excluding carboxylic acids is 2. The topological polar surface area (TPSA) is 49.9 Å². The summed E-state index contributed by atoms with van der Waals surface area (Å²) in [4.78, 5) is 30.1. The molecule has 0 N–H and O–H groups in total. The zero-order chi connectivity index (χ0) is 19.2. The molecule has 0 saturated carbocycles. The number of esters is 1. The maximum absolute atomic E-state index is 12.6. The van der Waals surface area contributed by atoms with E-state index in [4.69, 9.17) is 4.74 Å². The maximum atomic E-state index is 12.6. The Labute approximate surface area is 164 Å². The second-order valence-corrected chi connectivity index (χ2v) is 7.54. The monoisotopic (exact) mass is 386 g/mol. The van der Waals surface area contributed by atoms with Crippen LogP contribution in [-0.4, -0.2) is 43.0 Å². The van der Waals surface area contributed by atoms with E-state index < -0.39 is 5.97 Å². The van der Waals surface area contributed by atoms with Crippen molar-refractivity contribution in [2.24, 2.45) is 0 Å². The van der Waals surface area contributed by atoms with E-state index in [1.165, 1.54) is 4.88 Å².